The first kappa shape index (κ1) is 17.2. The molecule has 0 aromatic heterocycles. The van der Waals surface area contributed by atoms with Gasteiger partial charge in [-0.05, 0) is 43.5 Å². The summed E-state index contributed by atoms with van der Waals surface area (Å²) in [5.74, 6) is -0.251. The first-order valence-electron chi connectivity index (χ1n) is 6.46. The van der Waals surface area contributed by atoms with E-state index in [1.165, 1.54) is 0 Å². The SMILES string of the molecule is CC(CCCO)NC(=O)CC(O)c1cc(Cl)cc(Cl)c1. The van der Waals surface area contributed by atoms with Crippen LogP contribution >= 0.6 is 23.2 Å². The summed E-state index contributed by atoms with van der Waals surface area (Å²) >= 11 is 11.7. The number of benzene rings is 1. The van der Waals surface area contributed by atoms with Gasteiger partial charge in [0.05, 0.1) is 12.5 Å². The summed E-state index contributed by atoms with van der Waals surface area (Å²) in [6, 6.07) is 4.70. The molecule has 6 heteroatoms. The van der Waals surface area contributed by atoms with Gasteiger partial charge in [-0.15, -0.1) is 0 Å². The van der Waals surface area contributed by atoms with Crippen LogP contribution in [0.15, 0.2) is 18.2 Å². The van der Waals surface area contributed by atoms with E-state index >= 15 is 0 Å². The van der Waals surface area contributed by atoms with E-state index in [0.717, 1.165) is 0 Å². The van der Waals surface area contributed by atoms with Crippen LogP contribution in [0.1, 0.15) is 37.9 Å². The number of rotatable bonds is 7. The highest BCUT2D eigenvalue weighted by atomic mass is 35.5. The van der Waals surface area contributed by atoms with E-state index in [0.29, 0.717) is 28.5 Å². The first-order chi connectivity index (χ1) is 9.42. The maximum Gasteiger partial charge on any atom is 0.223 e. The fraction of sp³-hybridized carbons (Fsp3) is 0.500. The second kappa shape index (κ2) is 8.47. The quantitative estimate of drug-likeness (QED) is 0.723. The van der Waals surface area contributed by atoms with E-state index in [-0.39, 0.29) is 25.0 Å². The number of amides is 1. The van der Waals surface area contributed by atoms with E-state index in [9.17, 15) is 9.90 Å². The van der Waals surface area contributed by atoms with E-state index in [2.05, 4.69) is 5.32 Å². The van der Waals surface area contributed by atoms with Crippen LogP contribution in [-0.4, -0.2) is 28.8 Å². The van der Waals surface area contributed by atoms with Gasteiger partial charge >= 0.3 is 0 Å². The lowest BCUT2D eigenvalue weighted by Crippen LogP contribution is -2.33. The third-order valence-electron chi connectivity index (χ3n) is 2.85. The number of nitrogens with one attached hydrogen (secondary N) is 1. The minimum atomic E-state index is -0.948. The average molecular weight is 320 g/mol. The third kappa shape index (κ3) is 6.09. The highest BCUT2D eigenvalue weighted by Gasteiger charge is 2.15. The van der Waals surface area contributed by atoms with Gasteiger partial charge in [0, 0.05) is 22.7 Å². The fourth-order valence-corrected chi connectivity index (χ4v) is 2.41. The minimum absolute atomic E-state index is 0.0372. The van der Waals surface area contributed by atoms with Gasteiger partial charge in [-0.2, -0.15) is 0 Å². The zero-order valence-corrected chi connectivity index (χ0v) is 12.8. The van der Waals surface area contributed by atoms with E-state index in [4.69, 9.17) is 28.3 Å². The molecule has 1 aromatic rings. The Morgan fingerprint density at radius 1 is 1.30 bits per heavy atom. The highest BCUT2D eigenvalue weighted by molar-refractivity contribution is 6.34. The van der Waals surface area contributed by atoms with E-state index < -0.39 is 6.10 Å². The Balaban J connectivity index is 2.52. The topological polar surface area (TPSA) is 69.6 Å². The predicted octanol–water partition coefficient (Wildman–Crippen LogP) is 2.69. The van der Waals surface area contributed by atoms with Crippen molar-refractivity contribution in [2.24, 2.45) is 0 Å². The molecule has 0 radical (unpaired) electrons. The number of halogens is 2. The van der Waals surface area contributed by atoms with Crippen molar-refractivity contribution in [2.45, 2.75) is 38.3 Å². The minimum Gasteiger partial charge on any atom is -0.396 e. The number of hydrogen-bond donors (Lipinski definition) is 3. The van der Waals surface area contributed by atoms with Gasteiger partial charge < -0.3 is 15.5 Å². The molecule has 1 rings (SSSR count). The number of carbonyl (C=O) groups is 1. The normalized spacial score (nSPS) is 13.8. The van der Waals surface area contributed by atoms with Crippen LogP contribution in [0.4, 0.5) is 0 Å². The molecule has 4 nitrogen and oxygen atoms in total. The van der Waals surface area contributed by atoms with Gasteiger partial charge in [-0.3, -0.25) is 4.79 Å². The molecule has 0 aliphatic heterocycles. The lowest BCUT2D eigenvalue weighted by Gasteiger charge is -2.16. The zero-order chi connectivity index (χ0) is 15.1. The molecule has 0 aliphatic carbocycles. The Morgan fingerprint density at radius 2 is 1.90 bits per heavy atom. The van der Waals surface area contributed by atoms with Crippen LogP contribution in [0.5, 0.6) is 0 Å². The molecule has 0 heterocycles. The lowest BCUT2D eigenvalue weighted by molar-refractivity contribution is -0.123. The van der Waals surface area contributed by atoms with Crippen molar-refractivity contribution in [1.82, 2.24) is 5.32 Å². The maximum atomic E-state index is 11.8. The van der Waals surface area contributed by atoms with Crippen molar-refractivity contribution in [2.75, 3.05) is 6.61 Å². The van der Waals surface area contributed by atoms with Crippen molar-refractivity contribution in [1.29, 1.82) is 0 Å². The molecule has 112 valence electrons. The lowest BCUT2D eigenvalue weighted by atomic mass is 10.1. The van der Waals surface area contributed by atoms with Crippen LogP contribution in [0, 0.1) is 0 Å². The van der Waals surface area contributed by atoms with Gasteiger partial charge in [-0.1, -0.05) is 23.2 Å². The number of hydrogen-bond acceptors (Lipinski definition) is 3. The molecule has 3 N–H and O–H groups in total. The Labute approximate surface area is 128 Å². The molecule has 0 saturated carbocycles. The monoisotopic (exact) mass is 319 g/mol. The van der Waals surface area contributed by atoms with Crippen LogP contribution in [0.3, 0.4) is 0 Å². The van der Waals surface area contributed by atoms with E-state index in [1.807, 2.05) is 6.92 Å². The molecule has 0 spiro atoms. The molecule has 1 amide bonds. The van der Waals surface area contributed by atoms with Crippen molar-refractivity contribution in [3.05, 3.63) is 33.8 Å². The summed E-state index contributed by atoms with van der Waals surface area (Å²) in [5, 5.41) is 22.3. The van der Waals surface area contributed by atoms with Crippen molar-refractivity contribution >= 4 is 29.1 Å². The summed E-state index contributed by atoms with van der Waals surface area (Å²) in [7, 11) is 0. The Morgan fingerprint density at radius 3 is 2.45 bits per heavy atom. The van der Waals surface area contributed by atoms with Crippen molar-refractivity contribution in [3.8, 4) is 0 Å². The van der Waals surface area contributed by atoms with E-state index in [1.54, 1.807) is 18.2 Å². The summed E-state index contributed by atoms with van der Waals surface area (Å²) in [5.41, 5.74) is 0.515. The van der Waals surface area contributed by atoms with Gasteiger partial charge in [0.1, 0.15) is 0 Å². The Bertz CT molecular complexity index is 434. The summed E-state index contributed by atoms with van der Waals surface area (Å²) in [6.07, 6.45) is 0.325. The molecule has 0 fully saturated rings. The number of carbonyl (C=O) groups excluding carboxylic acids is 1. The van der Waals surface area contributed by atoms with Crippen LogP contribution in [-0.2, 0) is 4.79 Å². The van der Waals surface area contributed by atoms with Crippen LogP contribution < -0.4 is 5.32 Å². The second-order valence-corrected chi connectivity index (χ2v) is 5.63. The van der Waals surface area contributed by atoms with Crippen molar-refractivity contribution < 1.29 is 15.0 Å². The molecule has 2 atom stereocenters. The standard InChI is InChI=1S/C14H19Cl2NO3/c1-9(3-2-4-18)17-14(20)8-13(19)10-5-11(15)7-12(16)6-10/h5-7,9,13,18-19H,2-4,8H2,1H3,(H,17,20). The highest BCUT2D eigenvalue weighted by Crippen LogP contribution is 2.25. The summed E-state index contributed by atoms with van der Waals surface area (Å²) in [6.45, 7) is 1.96. The maximum absolute atomic E-state index is 11.8. The Hall–Kier alpha value is -0.810. The van der Waals surface area contributed by atoms with Gasteiger partial charge in [0.2, 0.25) is 5.91 Å². The molecular formula is C14H19Cl2NO3. The molecule has 1 aromatic carbocycles. The zero-order valence-electron chi connectivity index (χ0n) is 11.3. The Kier molecular flexibility index (Phi) is 7.30. The predicted molar refractivity (Wildman–Crippen MR) is 80.0 cm³/mol. The van der Waals surface area contributed by atoms with Crippen LogP contribution in [0.2, 0.25) is 10.0 Å². The second-order valence-electron chi connectivity index (χ2n) is 4.76. The van der Waals surface area contributed by atoms with Crippen LogP contribution in [0.25, 0.3) is 0 Å². The number of aliphatic hydroxyl groups excluding tert-OH is 2. The molecule has 20 heavy (non-hydrogen) atoms. The van der Waals surface area contributed by atoms with Gasteiger partial charge in [0.15, 0.2) is 0 Å². The molecular weight excluding hydrogens is 301 g/mol. The largest absolute Gasteiger partial charge is 0.396 e. The summed E-state index contributed by atoms with van der Waals surface area (Å²) in [4.78, 5) is 11.8. The van der Waals surface area contributed by atoms with Gasteiger partial charge in [0.25, 0.3) is 0 Å². The smallest absolute Gasteiger partial charge is 0.223 e. The fourth-order valence-electron chi connectivity index (χ4n) is 1.86. The number of aliphatic hydroxyl groups is 2. The molecule has 2 unspecified atom stereocenters. The third-order valence-corrected chi connectivity index (χ3v) is 3.29. The molecule has 0 aliphatic rings. The summed E-state index contributed by atoms with van der Waals surface area (Å²) < 4.78 is 0. The first-order valence-corrected chi connectivity index (χ1v) is 7.22. The average Bonchev–Trinajstić information content (AvgIpc) is 2.34. The van der Waals surface area contributed by atoms with Crippen molar-refractivity contribution in [3.63, 3.8) is 0 Å². The molecule has 0 saturated heterocycles. The molecule has 0 bridgehead atoms. The van der Waals surface area contributed by atoms with Gasteiger partial charge in [-0.25, -0.2) is 0 Å².